The van der Waals surface area contributed by atoms with E-state index >= 15 is 0 Å². The van der Waals surface area contributed by atoms with Crippen molar-refractivity contribution in [2.75, 3.05) is 6.54 Å². The smallest absolute Gasteiger partial charge is 0.251 e. The third kappa shape index (κ3) is 4.47. The lowest BCUT2D eigenvalue weighted by Crippen LogP contribution is -2.24. The third-order valence-electron chi connectivity index (χ3n) is 2.60. The number of unbranched alkanes of at least 4 members (excludes halogenated alkanes) is 3. The summed E-state index contributed by atoms with van der Waals surface area (Å²) in [6.07, 6.45) is 4.75. The Morgan fingerprint density at radius 1 is 1.25 bits per heavy atom. The molecule has 0 radical (unpaired) electrons. The molecule has 0 saturated heterocycles. The molecular formula is C14H21NO. The molecule has 1 N–H and O–H groups in total. The van der Waals surface area contributed by atoms with E-state index in [4.69, 9.17) is 0 Å². The van der Waals surface area contributed by atoms with Gasteiger partial charge in [-0.05, 0) is 25.5 Å². The molecular weight excluding hydrogens is 198 g/mol. The van der Waals surface area contributed by atoms with E-state index in [1.165, 1.54) is 19.3 Å². The van der Waals surface area contributed by atoms with Gasteiger partial charge in [0, 0.05) is 12.1 Å². The van der Waals surface area contributed by atoms with Gasteiger partial charge in [0.15, 0.2) is 0 Å². The fraction of sp³-hybridized carbons (Fsp3) is 0.500. The summed E-state index contributed by atoms with van der Waals surface area (Å²) >= 11 is 0. The number of rotatable bonds is 6. The van der Waals surface area contributed by atoms with Crippen LogP contribution in [0.1, 0.15) is 48.5 Å². The zero-order chi connectivity index (χ0) is 11.8. The molecule has 0 fully saturated rings. The zero-order valence-electron chi connectivity index (χ0n) is 10.3. The van der Waals surface area contributed by atoms with Crippen molar-refractivity contribution >= 4 is 5.91 Å². The van der Waals surface area contributed by atoms with E-state index in [9.17, 15) is 4.79 Å². The first-order valence-electron chi connectivity index (χ1n) is 6.09. The number of carbonyl (C=O) groups is 1. The molecule has 0 bridgehead atoms. The van der Waals surface area contributed by atoms with Crippen LogP contribution in [0.25, 0.3) is 0 Å². The highest BCUT2D eigenvalue weighted by Gasteiger charge is 2.03. The fourth-order valence-corrected chi connectivity index (χ4v) is 1.64. The van der Waals surface area contributed by atoms with Crippen molar-refractivity contribution in [2.24, 2.45) is 0 Å². The van der Waals surface area contributed by atoms with Crippen LogP contribution < -0.4 is 5.32 Å². The summed E-state index contributed by atoms with van der Waals surface area (Å²) in [7, 11) is 0. The van der Waals surface area contributed by atoms with E-state index in [2.05, 4.69) is 12.2 Å². The van der Waals surface area contributed by atoms with Gasteiger partial charge in [0.25, 0.3) is 5.91 Å². The van der Waals surface area contributed by atoms with Crippen molar-refractivity contribution in [3.05, 3.63) is 35.4 Å². The molecule has 2 nitrogen and oxygen atoms in total. The monoisotopic (exact) mass is 219 g/mol. The first kappa shape index (κ1) is 12.8. The quantitative estimate of drug-likeness (QED) is 0.731. The van der Waals surface area contributed by atoms with E-state index in [1.807, 2.05) is 31.2 Å². The molecule has 1 aromatic rings. The van der Waals surface area contributed by atoms with Crippen LogP contribution in [0, 0.1) is 6.92 Å². The summed E-state index contributed by atoms with van der Waals surface area (Å²) in [5.74, 6) is 0.0419. The molecule has 88 valence electrons. The average Bonchev–Trinajstić information content (AvgIpc) is 2.28. The van der Waals surface area contributed by atoms with E-state index in [-0.39, 0.29) is 5.91 Å². The maximum atomic E-state index is 11.7. The lowest BCUT2D eigenvalue weighted by Gasteiger charge is -2.05. The van der Waals surface area contributed by atoms with Crippen LogP contribution in [-0.2, 0) is 0 Å². The summed E-state index contributed by atoms with van der Waals surface area (Å²) in [6, 6.07) is 7.69. The second-order valence-corrected chi connectivity index (χ2v) is 4.19. The maximum Gasteiger partial charge on any atom is 0.251 e. The summed E-state index contributed by atoms with van der Waals surface area (Å²) in [4.78, 5) is 11.7. The second-order valence-electron chi connectivity index (χ2n) is 4.19. The summed E-state index contributed by atoms with van der Waals surface area (Å²) in [5.41, 5.74) is 1.88. The Morgan fingerprint density at radius 2 is 2.06 bits per heavy atom. The number of hydrogen-bond acceptors (Lipinski definition) is 1. The Bertz CT molecular complexity index is 333. The number of amides is 1. The molecule has 0 atom stereocenters. The number of hydrogen-bond donors (Lipinski definition) is 1. The summed E-state index contributed by atoms with van der Waals surface area (Å²) < 4.78 is 0. The van der Waals surface area contributed by atoms with Crippen LogP contribution in [0.3, 0.4) is 0 Å². The molecule has 0 aliphatic carbocycles. The topological polar surface area (TPSA) is 29.1 Å². The first-order chi connectivity index (χ1) is 7.74. The van der Waals surface area contributed by atoms with Gasteiger partial charge in [0.05, 0.1) is 0 Å². The average molecular weight is 219 g/mol. The minimum Gasteiger partial charge on any atom is -0.352 e. The Labute approximate surface area is 98.1 Å². The lowest BCUT2D eigenvalue weighted by atomic mass is 10.1. The second kappa shape index (κ2) is 7.04. The molecule has 0 saturated carbocycles. The normalized spacial score (nSPS) is 10.1. The molecule has 0 aromatic heterocycles. The highest BCUT2D eigenvalue weighted by atomic mass is 16.1. The largest absolute Gasteiger partial charge is 0.352 e. The Morgan fingerprint density at radius 3 is 2.75 bits per heavy atom. The number of nitrogens with one attached hydrogen (secondary N) is 1. The third-order valence-corrected chi connectivity index (χ3v) is 2.60. The van der Waals surface area contributed by atoms with Crippen molar-refractivity contribution in [1.82, 2.24) is 5.32 Å². The Hall–Kier alpha value is -1.31. The van der Waals surface area contributed by atoms with Crippen LogP contribution in [0.15, 0.2) is 24.3 Å². The zero-order valence-corrected chi connectivity index (χ0v) is 10.3. The van der Waals surface area contributed by atoms with Gasteiger partial charge in [0.1, 0.15) is 0 Å². The number of aryl methyl sites for hydroxylation is 1. The van der Waals surface area contributed by atoms with Crippen molar-refractivity contribution < 1.29 is 4.79 Å². The van der Waals surface area contributed by atoms with Crippen LogP contribution in [0.2, 0.25) is 0 Å². The molecule has 0 unspecified atom stereocenters. The van der Waals surface area contributed by atoms with E-state index in [0.717, 1.165) is 24.1 Å². The van der Waals surface area contributed by atoms with Crippen LogP contribution >= 0.6 is 0 Å². The molecule has 16 heavy (non-hydrogen) atoms. The predicted molar refractivity (Wildman–Crippen MR) is 67.7 cm³/mol. The first-order valence-corrected chi connectivity index (χ1v) is 6.09. The predicted octanol–water partition coefficient (Wildman–Crippen LogP) is 3.31. The Kier molecular flexibility index (Phi) is 5.62. The van der Waals surface area contributed by atoms with Gasteiger partial charge in [-0.15, -0.1) is 0 Å². The molecule has 0 aliphatic rings. The molecule has 2 heteroatoms. The number of carbonyl (C=O) groups excluding carboxylic acids is 1. The van der Waals surface area contributed by atoms with Crippen molar-refractivity contribution in [3.63, 3.8) is 0 Å². The van der Waals surface area contributed by atoms with Gasteiger partial charge in [-0.25, -0.2) is 0 Å². The van der Waals surface area contributed by atoms with Gasteiger partial charge in [-0.2, -0.15) is 0 Å². The van der Waals surface area contributed by atoms with Crippen LogP contribution in [0.5, 0.6) is 0 Å². The van der Waals surface area contributed by atoms with Crippen molar-refractivity contribution in [2.45, 2.75) is 39.5 Å². The number of benzene rings is 1. The van der Waals surface area contributed by atoms with E-state index in [1.54, 1.807) is 0 Å². The minimum absolute atomic E-state index is 0.0419. The van der Waals surface area contributed by atoms with Gasteiger partial charge >= 0.3 is 0 Å². The molecule has 0 aliphatic heterocycles. The fourth-order valence-electron chi connectivity index (χ4n) is 1.64. The van der Waals surface area contributed by atoms with Gasteiger partial charge < -0.3 is 5.32 Å². The Balaban J connectivity index is 2.30. The molecule has 0 heterocycles. The molecule has 1 aromatic carbocycles. The molecule has 1 rings (SSSR count). The molecule has 1 amide bonds. The summed E-state index contributed by atoms with van der Waals surface area (Å²) in [6.45, 7) is 4.97. The minimum atomic E-state index is 0.0419. The summed E-state index contributed by atoms with van der Waals surface area (Å²) in [5, 5.41) is 2.95. The van der Waals surface area contributed by atoms with E-state index < -0.39 is 0 Å². The van der Waals surface area contributed by atoms with Crippen LogP contribution in [-0.4, -0.2) is 12.5 Å². The van der Waals surface area contributed by atoms with Gasteiger partial charge in [0.2, 0.25) is 0 Å². The highest BCUT2D eigenvalue weighted by molar-refractivity contribution is 5.94. The van der Waals surface area contributed by atoms with Crippen molar-refractivity contribution in [1.29, 1.82) is 0 Å². The SMILES string of the molecule is CCCCCCNC(=O)c1cccc(C)c1. The highest BCUT2D eigenvalue weighted by Crippen LogP contribution is 2.04. The maximum absolute atomic E-state index is 11.7. The van der Waals surface area contributed by atoms with Gasteiger partial charge in [-0.1, -0.05) is 43.9 Å². The van der Waals surface area contributed by atoms with Gasteiger partial charge in [-0.3, -0.25) is 4.79 Å². The van der Waals surface area contributed by atoms with Crippen molar-refractivity contribution in [3.8, 4) is 0 Å². The molecule has 0 spiro atoms. The van der Waals surface area contributed by atoms with E-state index in [0.29, 0.717) is 0 Å². The van der Waals surface area contributed by atoms with Crippen LogP contribution in [0.4, 0.5) is 0 Å². The standard InChI is InChI=1S/C14H21NO/c1-3-4-5-6-10-15-14(16)13-9-7-8-12(2)11-13/h7-9,11H,3-6,10H2,1-2H3,(H,15,16). The lowest BCUT2D eigenvalue weighted by molar-refractivity contribution is 0.0953.